The molecule has 2 heterocycles. The van der Waals surface area contributed by atoms with Gasteiger partial charge in [-0.1, -0.05) is 0 Å². The molecule has 0 fully saturated rings. The number of hydrogen-bond acceptors (Lipinski definition) is 5. The summed E-state index contributed by atoms with van der Waals surface area (Å²) < 4.78 is 28.2. The Bertz CT molecular complexity index is 1120. The van der Waals surface area contributed by atoms with Crippen molar-refractivity contribution in [2.75, 3.05) is 43.9 Å². The quantitative estimate of drug-likeness (QED) is 0.488. The summed E-state index contributed by atoms with van der Waals surface area (Å²) in [7, 11) is 3.30. The van der Waals surface area contributed by atoms with Crippen LogP contribution in [0, 0.1) is 5.41 Å². The maximum Gasteiger partial charge on any atom is 0.317 e. The van der Waals surface area contributed by atoms with Crippen LogP contribution in [-0.4, -0.2) is 50.9 Å². The number of fused-ring (bicyclic) bond motifs is 2. The molecule has 2 amide bonds. The fourth-order valence-electron chi connectivity index (χ4n) is 4.69. The summed E-state index contributed by atoms with van der Waals surface area (Å²) in [4.78, 5) is 16.0. The molecule has 34 heavy (non-hydrogen) atoms. The molecule has 0 saturated carbocycles. The second-order valence-electron chi connectivity index (χ2n) is 8.40. The number of amides is 2. The highest BCUT2D eigenvalue weighted by Gasteiger charge is 2.26. The Balaban J connectivity index is 1.76. The van der Waals surface area contributed by atoms with Crippen molar-refractivity contribution in [1.29, 1.82) is 5.41 Å². The number of urea groups is 1. The molecule has 0 aliphatic carbocycles. The van der Waals surface area contributed by atoms with Gasteiger partial charge >= 0.3 is 6.03 Å². The molecule has 4 N–H and O–H groups in total. The van der Waals surface area contributed by atoms with Crippen LogP contribution in [0.3, 0.4) is 0 Å². The lowest BCUT2D eigenvalue weighted by Gasteiger charge is -2.33. The van der Waals surface area contributed by atoms with Crippen molar-refractivity contribution in [3.63, 3.8) is 0 Å². The molecule has 2 aliphatic heterocycles. The number of rotatable bonds is 5. The lowest BCUT2D eigenvalue weighted by atomic mass is 9.92. The van der Waals surface area contributed by atoms with E-state index in [1.54, 1.807) is 37.3 Å². The Hall–Kier alpha value is -3.62. The van der Waals surface area contributed by atoms with Crippen LogP contribution in [0.4, 0.5) is 30.6 Å². The van der Waals surface area contributed by atoms with E-state index in [0.29, 0.717) is 37.3 Å². The van der Waals surface area contributed by atoms with E-state index in [1.165, 1.54) is 0 Å². The van der Waals surface area contributed by atoms with Gasteiger partial charge in [0.1, 0.15) is 0 Å². The van der Waals surface area contributed by atoms with Gasteiger partial charge in [-0.05, 0) is 59.9 Å². The number of alkyl halides is 2. The summed E-state index contributed by atoms with van der Waals surface area (Å²) in [5.41, 5.74) is 5.33. The van der Waals surface area contributed by atoms with Gasteiger partial charge in [0, 0.05) is 80.9 Å². The Morgan fingerprint density at radius 1 is 1.18 bits per heavy atom. The number of benzene rings is 2. The SMILES string of the molecule is CN/C=C(\C=N)c1cc2c(cc1C(F)F)N(c1ccc3c(c1)CN(C(=O)NC)CCN3)CCC2. The zero-order valence-corrected chi connectivity index (χ0v) is 19.4. The topological polar surface area (TPSA) is 83.5 Å². The number of halogens is 2. The summed E-state index contributed by atoms with van der Waals surface area (Å²) in [6, 6.07) is 9.28. The van der Waals surface area contributed by atoms with E-state index in [4.69, 9.17) is 5.41 Å². The molecular weight excluding hydrogens is 438 g/mol. The van der Waals surface area contributed by atoms with E-state index in [-0.39, 0.29) is 11.6 Å². The normalized spacial score (nSPS) is 15.7. The molecule has 0 atom stereocenters. The molecule has 180 valence electrons. The Morgan fingerprint density at radius 3 is 2.71 bits per heavy atom. The third-order valence-corrected chi connectivity index (χ3v) is 6.33. The smallest absolute Gasteiger partial charge is 0.317 e. The van der Waals surface area contributed by atoms with Gasteiger partial charge in [0.15, 0.2) is 0 Å². The zero-order chi connectivity index (χ0) is 24.2. The van der Waals surface area contributed by atoms with E-state index in [0.717, 1.165) is 47.2 Å². The number of nitrogens with zero attached hydrogens (tertiary/aromatic N) is 2. The first-order chi connectivity index (χ1) is 16.5. The molecule has 2 aromatic carbocycles. The maximum atomic E-state index is 14.1. The predicted octanol–water partition coefficient (Wildman–Crippen LogP) is 4.49. The van der Waals surface area contributed by atoms with Crippen molar-refractivity contribution in [2.45, 2.75) is 25.8 Å². The number of carbonyl (C=O) groups excluding carboxylic acids is 1. The Labute approximate surface area is 198 Å². The predicted molar refractivity (Wildman–Crippen MR) is 132 cm³/mol. The molecule has 9 heteroatoms. The summed E-state index contributed by atoms with van der Waals surface area (Å²) in [5, 5.41) is 16.6. The standard InChI is InChI=1S/C25H30F2N6O/c1-29-14-18(13-28)20-11-16-4-3-8-33(23(16)12-21(20)24(26)27)19-5-6-22-17(10-19)15-32(9-7-31-22)25(34)30-2/h5-6,10-14,24,28-29,31H,3-4,7-9,15H2,1-2H3,(H,30,34)/b18-14+,28-13?. The number of allylic oxidation sites excluding steroid dienone is 1. The van der Waals surface area contributed by atoms with Crippen molar-refractivity contribution < 1.29 is 13.6 Å². The van der Waals surface area contributed by atoms with Crippen LogP contribution < -0.4 is 20.9 Å². The van der Waals surface area contributed by atoms with Crippen molar-refractivity contribution in [1.82, 2.24) is 15.5 Å². The van der Waals surface area contributed by atoms with Gasteiger partial charge in [0.25, 0.3) is 6.43 Å². The first kappa shape index (κ1) is 23.5. The van der Waals surface area contributed by atoms with Crippen LogP contribution in [-0.2, 0) is 13.0 Å². The van der Waals surface area contributed by atoms with Crippen LogP contribution in [0.25, 0.3) is 5.57 Å². The number of nitrogens with one attached hydrogen (secondary N) is 4. The van der Waals surface area contributed by atoms with E-state index < -0.39 is 6.43 Å². The third kappa shape index (κ3) is 4.55. The zero-order valence-electron chi connectivity index (χ0n) is 19.4. The molecule has 0 radical (unpaired) electrons. The lowest BCUT2D eigenvalue weighted by molar-refractivity contribution is 0.151. The largest absolute Gasteiger partial charge is 0.393 e. The van der Waals surface area contributed by atoms with Crippen molar-refractivity contribution in [3.05, 3.63) is 58.8 Å². The van der Waals surface area contributed by atoms with E-state index in [2.05, 4.69) is 20.9 Å². The minimum absolute atomic E-state index is 0.0853. The fraction of sp³-hybridized carbons (Fsp3) is 0.360. The highest BCUT2D eigenvalue weighted by atomic mass is 19.3. The number of hydrogen-bond donors (Lipinski definition) is 4. The number of carbonyl (C=O) groups is 1. The van der Waals surface area contributed by atoms with Crippen LogP contribution in [0.15, 0.2) is 36.5 Å². The fourth-order valence-corrected chi connectivity index (χ4v) is 4.69. The second kappa shape index (κ2) is 10.1. The van der Waals surface area contributed by atoms with Crippen LogP contribution in [0.2, 0.25) is 0 Å². The number of aryl methyl sites for hydroxylation is 1. The summed E-state index contributed by atoms with van der Waals surface area (Å²) in [6.45, 7) is 2.42. The van der Waals surface area contributed by atoms with Crippen LogP contribution >= 0.6 is 0 Å². The van der Waals surface area contributed by atoms with Gasteiger partial charge in [-0.15, -0.1) is 0 Å². The van der Waals surface area contributed by atoms with Gasteiger partial charge in [-0.3, -0.25) is 0 Å². The average Bonchev–Trinajstić information content (AvgIpc) is 3.07. The van der Waals surface area contributed by atoms with Crippen molar-refractivity contribution in [2.24, 2.45) is 0 Å². The van der Waals surface area contributed by atoms with Crippen LogP contribution in [0.1, 0.15) is 35.1 Å². The van der Waals surface area contributed by atoms with Gasteiger partial charge < -0.3 is 31.2 Å². The monoisotopic (exact) mass is 468 g/mol. The average molecular weight is 469 g/mol. The lowest BCUT2D eigenvalue weighted by Crippen LogP contribution is -2.38. The summed E-state index contributed by atoms with van der Waals surface area (Å²) in [6.07, 6.45) is 1.67. The van der Waals surface area contributed by atoms with E-state index in [9.17, 15) is 13.6 Å². The third-order valence-electron chi connectivity index (χ3n) is 6.33. The summed E-state index contributed by atoms with van der Waals surface area (Å²) >= 11 is 0. The molecule has 4 rings (SSSR count). The molecule has 2 aromatic rings. The van der Waals surface area contributed by atoms with Gasteiger partial charge in [-0.2, -0.15) is 0 Å². The van der Waals surface area contributed by atoms with Gasteiger partial charge in [0.05, 0.1) is 0 Å². The van der Waals surface area contributed by atoms with Crippen LogP contribution in [0.5, 0.6) is 0 Å². The van der Waals surface area contributed by atoms with Crippen molar-refractivity contribution in [3.8, 4) is 0 Å². The maximum absolute atomic E-state index is 14.1. The van der Waals surface area contributed by atoms with Crippen molar-refractivity contribution >= 4 is 34.9 Å². The van der Waals surface area contributed by atoms with E-state index in [1.807, 2.05) is 18.2 Å². The molecule has 2 aliphatic rings. The van der Waals surface area contributed by atoms with E-state index >= 15 is 0 Å². The molecular formula is C25H30F2N6O. The highest BCUT2D eigenvalue weighted by molar-refractivity contribution is 6.09. The minimum atomic E-state index is -2.67. The summed E-state index contributed by atoms with van der Waals surface area (Å²) in [5.74, 6) is 0. The Kier molecular flexibility index (Phi) is 7.00. The second-order valence-corrected chi connectivity index (χ2v) is 8.40. The van der Waals surface area contributed by atoms with Gasteiger partial charge in [-0.25, -0.2) is 13.6 Å². The minimum Gasteiger partial charge on any atom is -0.393 e. The molecule has 0 saturated heterocycles. The number of anilines is 3. The van der Waals surface area contributed by atoms with Gasteiger partial charge in [0.2, 0.25) is 0 Å². The molecule has 7 nitrogen and oxygen atoms in total. The first-order valence-electron chi connectivity index (χ1n) is 11.4. The molecule has 0 spiro atoms. The first-order valence-corrected chi connectivity index (χ1v) is 11.4. The highest BCUT2D eigenvalue weighted by Crippen LogP contribution is 2.40. The molecule has 0 aromatic heterocycles. The Morgan fingerprint density at radius 2 is 2.00 bits per heavy atom. The molecule has 0 bridgehead atoms. The molecule has 0 unspecified atom stereocenters.